The zero-order valence-corrected chi connectivity index (χ0v) is 12.7. The van der Waals surface area contributed by atoms with Crippen LogP contribution in [-0.4, -0.2) is 23.9 Å². The van der Waals surface area contributed by atoms with E-state index in [0.717, 1.165) is 17.1 Å². The maximum Gasteiger partial charge on any atom is 0.270 e. The van der Waals surface area contributed by atoms with Gasteiger partial charge in [-0.15, -0.1) is 0 Å². The lowest BCUT2D eigenvalue weighted by Crippen LogP contribution is -2.19. The van der Waals surface area contributed by atoms with Gasteiger partial charge < -0.3 is 4.57 Å². The highest BCUT2D eigenvalue weighted by molar-refractivity contribution is 5.90. The van der Waals surface area contributed by atoms with Crippen LogP contribution in [0.25, 0.3) is 27.7 Å². The molecule has 1 aromatic carbocycles. The summed E-state index contributed by atoms with van der Waals surface area (Å²) in [5.74, 6) is -7.61. The van der Waals surface area contributed by atoms with Crippen molar-refractivity contribution in [2.45, 2.75) is 19.9 Å². The minimum atomic E-state index is -2.06. The maximum atomic E-state index is 14.0. The number of hydrogen-bond acceptors (Lipinski definition) is 4. The smallest absolute Gasteiger partial charge is 0.270 e. The van der Waals surface area contributed by atoms with Crippen molar-refractivity contribution < 1.29 is 17.6 Å². The molecule has 3 aromatic heterocycles. The van der Waals surface area contributed by atoms with Gasteiger partial charge in [-0.1, -0.05) is 6.92 Å². The first-order valence-corrected chi connectivity index (χ1v) is 7.33. The lowest BCUT2D eigenvalue weighted by Gasteiger charge is -2.07. The molecule has 4 rings (SSSR count). The fourth-order valence-electron chi connectivity index (χ4n) is 2.76. The number of halogens is 4. The predicted molar refractivity (Wildman–Crippen MR) is 80.2 cm³/mol. The van der Waals surface area contributed by atoms with Crippen LogP contribution in [-0.2, 0) is 6.54 Å². The fraction of sp³-hybridized carbons (Fsp3) is 0.200. The van der Waals surface area contributed by atoms with Gasteiger partial charge in [-0.05, 0) is 6.42 Å². The van der Waals surface area contributed by atoms with Crippen molar-refractivity contribution in [1.82, 2.24) is 23.9 Å². The second kappa shape index (κ2) is 5.23. The molecule has 0 fully saturated rings. The van der Waals surface area contributed by atoms with Crippen molar-refractivity contribution in [3.8, 4) is 0 Å². The number of hydrogen-bond donors (Lipinski definition) is 0. The summed E-state index contributed by atoms with van der Waals surface area (Å²) in [7, 11) is 0. The van der Waals surface area contributed by atoms with Crippen molar-refractivity contribution in [3.63, 3.8) is 0 Å². The Hall–Kier alpha value is -3.04. The van der Waals surface area contributed by atoms with Crippen molar-refractivity contribution in [2.75, 3.05) is 0 Å². The first kappa shape index (κ1) is 15.5. The quantitative estimate of drug-likeness (QED) is 0.241. The van der Waals surface area contributed by atoms with Crippen LogP contribution in [0.3, 0.4) is 0 Å². The zero-order valence-electron chi connectivity index (χ0n) is 12.7. The number of fused-ring (bicyclic) bond motifs is 4. The highest BCUT2D eigenvalue weighted by Crippen LogP contribution is 2.25. The predicted octanol–water partition coefficient (Wildman–Crippen LogP) is 2.56. The Kier molecular flexibility index (Phi) is 3.24. The third-order valence-electron chi connectivity index (χ3n) is 3.90. The summed E-state index contributed by atoms with van der Waals surface area (Å²) < 4.78 is 57.5. The molecule has 0 saturated heterocycles. The molecule has 4 aromatic rings. The molecule has 0 aliphatic rings. The Balaban J connectivity index is 2.23. The van der Waals surface area contributed by atoms with Gasteiger partial charge in [-0.3, -0.25) is 4.79 Å². The van der Waals surface area contributed by atoms with E-state index < -0.39 is 39.7 Å². The van der Waals surface area contributed by atoms with Gasteiger partial charge in [0.1, 0.15) is 17.2 Å². The molecule has 0 bridgehead atoms. The van der Waals surface area contributed by atoms with Gasteiger partial charge in [0.05, 0.1) is 6.33 Å². The fourth-order valence-corrected chi connectivity index (χ4v) is 2.76. The van der Waals surface area contributed by atoms with E-state index >= 15 is 0 Å². The highest BCUT2D eigenvalue weighted by atomic mass is 19.2. The molecule has 0 aliphatic heterocycles. The van der Waals surface area contributed by atoms with E-state index in [4.69, 9.17) is 0 Å². The van der Waals surface area contributed by atoms with E-state index in [2.05, 4.69) is 15.0 Å². The Morgan fingerprint density at radius 2 is 1.64 bits per heavy atom. The molecule has 0 unspecified atom stereocenters. The Labute approximate surface area is 136 Å². The summed E-state index contributed by atoms with van der Waals surface area (Å²) >= 11 is 0. The van der Waals surface area contributed by atoms with Crippen LogP contribution in [0.4, 0.5) is 17.6 Å². The minimum Gasteiger partial charge on any atom is -0.315 e. The average Bonchev–Trinajstić information content (AvgIpc) is 3.01. The van der Waals surface area contributed by atoms with Crippen molar-refractivity contribution in [2.24, 2.45) is 0 Å². The second-order valence-electron chi connectivity index (χ2n) is 5.44. The lowest BCUT2D eigenvalue weighted by molar-refractivity contribution is 0.416. The normalized spacial score (nSPS) is 11.9. The first-order valence-electron chi connectivity index (χ1n) is 7.33. The van der Waals surface area contributed by atoms with Crippen LogP contribution >= 0.6 is 0 Å². The maximum absolute atomic E-state index is 14.0. The number of nitrogens with zero attached hydrogens (tertiary/aromatic N) is 5. The van der Waals surface area contributed by atoms with Gasteiger partial charge in [-0.25, -0.2) is 36.9 Å². The number of imidazole rings is 1. The van der Waals surface area contributed by atoms with Crippen molar-refractivity contribution in [3.05, 3.63) is 46.3 Å². The van der Waals surface area contributed by atoms with Gasteiger partial charge in [0.2, 0.25) is 0 Å². The Morgan fingerprint density at radius 1 is 0.920 bits per heavy atom. The summed E-state index contributed by atoms with van der Waals surface area (Å²) in [6.07, 6.45) is 3.33. The van der Waals surface area contributed by atoms with Crippen molar-refractivity contribution in [1.29, 1.82) is 0 Å². The zero-order chi connectivity index (χ0) is 17.9. The van der Waals surface area contributed by atoms with Crippen LogP contribution in [0.15, 0.2) is 17.4 Å². The third-order valence-corrected chi connectivity index (χ3v) is 3.90. The van der Waals surface area contributed by atoms with E-state index in [0.29, 0.717) is 12.2 Å². The first-order chi connectivity index (χ1) is 12.0. The molecule has 0 N–H and O–H groups in total. The van der Waals surface area contributed by atoms with Gasteiger partial charge in [0.15, 0.2) is 40.1 Å². The molecule has 0 aliphatic carbocycles. The van der Waals surface area contributed by atoms with E-state index in [9.17, 15) is 22.4 Å². The molecular weight excluding hydrogens is 342 g/mol. The summed E-state index contributed by atoms with van der Waals surface area (Å²) in [4.78, 5) is 24.5. The second-order valence-corrected chi connectivity index (χ2v) is 5.44. The molecule has 0 radical (unpaired) electrons. The standard InChI is InChI=1S/C15H9F4N5O/c1-2-3-23-4-20-12-13(23)21-5-24-14(12)22-11-6(15(24)25)7(16)8(17)9(18)10(11)19/h4-5H,2-3H2,1H3. The van der Waals surface area contributed by atoms with Gasteiger partial charge in [0, 0.05) is 6.54 Å². The molecule has 25 heavy (non-hydrogen) atoms. The van der Waals surface area contributed by atoms with Crippen LogP contribution in [0, 0.1) is 23.3 Å². The number of aryl methyl sites for hydroxylation is 1. The molecule has 0 saturated carbocycles. The Bertz CT molecular complexity index is 1230. The number of benzene rings is 1. The summed E-state index contributed by atoms with van der Waals surface area (Å²) in [6.45, 7) is 2.54. The summed E-state index contributed by atoms with van der Waals surface area (Å²) in [6, 6.07) is 0. The average molecular weight is 351 g/mol. The molecule has 0 amide bonds. The van der Waals surface area contributed by atoms with Crippen LogP contribution in [0.2, 0.25) is 0 Å². The van der Waals surface area contributed by atoms with Gasteiger partial charge in [0.25, 0.3) is 5.56 Å². The largest absolute Gasteiger partial charge is 0.315 e. The lowest BCUT2D eigenvalue weighted by atomic mass is 10.2. The van der Waals surface area contributed by atoms with Crippen molar-refractivity contribution >= 4 is 27.7 Å². The van der Waals surface area contributed by atoms with Crippen LogP contribution < -0.4 is 5.56 Å². The molecule has 0 atom stereocenters. The number of rotatable bonds is 2. The number of aromatic nitrogens is 5. The molecule has 0 spiro atoms. The van der Waals surface area contributed by atoms with Gasteiger partial charge in [-0.2, -0.15) is 0 Å². The van der Waals surface area contributed by atoms with Crippen LogP contribution in [0.5, 0.6) is 0 Å². The third kappa shape index (κ3) is 1.96. The molecular formula is C15H9F4N5O. The molecule has 128 valence electrons. The Morgan fingerprint density at radius 3 is 2.36 bits per heavy atom. The highest BCUT2D eigenvalue weighted by Gasteiger charge is 2.25. The molecule has 6 nitrogen and oxygen atoms in total. The topological polar surface area (TPSA) is 65.1 Å². The molecule has 10 heteroatoms. The minimum absolute atomic E-state index is 0.123. The SMILES string of the molecule is CCCn1cnc2c1ncn1c(=O)c3c(F)c(F)c(F)c(F)c3nc21. The van der Waals surface area contributed by atoms with E-state index in [1.54, 1.807) is 4.57 Å². The molecule has 3 heterocycles. The monoisotopic (exact) mass is 351 g/mol. The summed E-state index contributed by atoms with van der Waals surface area (Å²) in [5, 5.41) is -0.983. The summed E-state index contributed by atoms with van der Waals surface area (Å²) in [5.41, 5.74) is -1.56. The van der Waals surface area contributed by atoms with E-state index in [1.807, 2.05) is 6.92 Å². The van der Waals surface area contributed by atoms with Gasteiger partial charge >= 0.3 is 0 Å². The van der Waals surface area contributed by atoms with Crippen LogP contribution in [0.1, 0.15) is 13.3 Å². The van der Waals surface area contributed by atoms with E-state index in [1.165, 1.54) is 6.33 Å². The van der Waals surface area contributed by atoms with E-state index in [-0.39, 0.29) is 11.2 Å².